The first-order chi connectivity index (χ1) is 8.11. The maximum atomic E-state index is 3.71. The first kappa shape index (κ1) is 12.6. The molecule has 17 heavy (non-hydrogen) atoms. The van der Waals surface area contributed by atoms with Gasteiger partial charge in [-0.25, -0.2) is 0 Å². The highest BCUT2D eigenvalue weighted by atomic mass is 15.0. The number of aryl methyl sites for hydroxylation is 3. The van der Waals surface area contributed by atoms with Gasteiger partial charge in [-0.05, 0) is 56.2 Å². The summed E-state index contributed by atoms with van der Waals surface area (Å²) in [6.45, 7) is 9.96. The van der Waals surface area contributed by atoms with Crippen molar-refractivity contribution in [1.29, 1.82) is 0 Å². The minimum absolute atomic E-state index is 0.787. The van der Waals surface area contributed by atoms with Crippen LogP contribution in [0.15, 0.2) is 12.1 Å². The van der Waals surface area contributed by atoms with Crippen LogP contribution in [0.2, 0.25) is 0 Å². The maximum absolute atomic E-state index is 3.71. The summed E-state index contributed by atoms with van der Waals surface area (Å²) in [6, 6.07) is 5.37. The molecule has 1 fully saturated rings. The molecule has 0 radical (unpaired) electrons. The first-order valence-electron chi connectivity index (χ1n) is 6.92. The van der Waals surface area contributed by atoms with Gasteiger partial charge in [0.25, 0.3) is 0 Å². The van der Waals surface area contributed by atoms with Crippen molar-refractivity contribution in [3.8, 4) is 0 Å². The largest absolute Gasteiger partial charge is 0.310 e. The molecule has 1 heteroatoms. The van der Waals surface area contributed by atoms with Crippen molar-refractivity contribution in [1.82, 2.24) is 5.32 Å². The lowest BCUT2D eigenvalue weighted by molar-refractivity contribution is 0.597. The smallest absolute Gasteiger partial charge is 0.0213 e. The number of rotatable bonds is 5. The molecule has 1 aliphatic carbocycles. The van der Waals surface area contributed by atoms with Gasteiger partial charge >= 0.3 is 0 Å². The minimum Gasteiger partial charge on any atom is -0.310 e. The van der Waals surface area contributed by atoms with Crippen LogP contribution in [0.5, 0.6) is 0 Å². The van der Waals surface area contributed by atoms with Crippen LogP contribution in [0.3, 0.4) is 0 Å². The highest BCUT2D eigenvalue weighted by Gasteiger charge is 2.35. The molecule has 1 aliphatic rings. The Morgan fingerprint density at radius 3 is 2.41 bits per heavy atom. The van der Waals surface area contributed by atoms with E-state index in [-0.39, 0.29) is 0 Å². The summed E-state index contributed by atoms with van der Waals surface area (Å²) < 4.78 is 0. The molecule has 1 aromatic rings. The zero-order valence-electron chi connectivity index (χ0n) is 11.6. The molecule has 0 aromatic heterocycles. The average molecular weight is 231 g/mol. The summed E-state index contributed by atoms with van der Waals surface area (Å²) in [6.07, 6.45) is 4.10. The summed E-state index contributed by atoms with van der Waals surface area (Å²) in [5, 5.41) is 3.71. The van der Waals surface area contributed by atoms with Gasteiger partial charge in [-0.2, -0.15) is 0 Å². The van der Waals surface area contributed by atoms with Crippen molar-refractivity contribution in [2.75, 3.05) is 0 Å². The van der Waals surface area contributed by atoms with Crippen molar-refractivity contribution in [2.24, 2.45) is 5.92 Å². The van der Waals surface area contributed by atoms with E-state index in [0.717, 1.165) is 18.5 Å². The van der Waals surface area contributed by atoms with Gasteiger partial charge in [0.15, 0.2) is 0 Å². The Balaban J connectivity index is 1.92. The number of nitrogens with one attached hydrogen (secondary N) is 1. The molecule has 0 aliphatic heterocycles. The van der Waals surface area contributed by atoms with E-state index in [0.29, 0.717) is 0 Å². The molecule has 2 unspecified atom stereocenters. The fourth-order valence-corrected chi connectivity index (χ4v) is 2.91. The number of benzene rings is 1. The summed E-state index contributed by atoms with van der Waals surface area (Å²) in [5.41, 5.74) is 5.74. The molecule has 2 atom stereocenters. The van der Waals surface area contributed by atoms with Crippen LogP contribution in [0.4, 0.5) is 0 Å². The summed E-state index contributed by atoms with van der Waals surface area (Å²) in [7, 11) is 0. The molecule has 94 valence electrons. The first-order valence-corrected chi connectivity index (χ1v) is 6.92. The van der Waals surface area contributed by atoms with E-state index >= 15 is 0 Å². The minimum atomic E-state index is 0.787. The van der Waals surface area contributed by atoms with Crippen LogP contribution in [0.1, 0.15) is 48.4 Å². The Morgan fingerprint density at radius 2 is 1.82 bits per heavy atom. The number of hydrogen-bond donors (Lipinski definition) is 1. The van der Waals surface area contributed by atoms with Crippen molar-refractivity contribution in [2.45, 2.75) is 59.5 Å². The standard InChI is InChI=1S/C16H25N/c1-5-6-14-9-16(14)17-10-15-12(3)7-11(2)8-13(15)4/h7-8,14,16-17H,5-6,9-10H2,1-4H3. The summed E-state index contributed by atoms with van der Waals surface area (Å²) in [4.78, 5) is 0. The molecule has 0 saturated heterocycles. The number of hydrogen-bond acceptors (Lipinski definition) is 1. The molecule has 1 saturated carbocycles. The SMILES string of the molecule is CCCC1CC1NCc1c(C)cc(C)cc1C. The van der Waals surface area contributed by atoms with E-state index in [2.05, 4.69) is 45.1 Å². The highest BCUT2D eigenvalue weighted by molar-refractivity contribution is 5.37. The van der Waals surface area contributed by atoms with Gasteiger partial charge in [0, 0.05) is 12.6 Å². The lowest BCUT2D eigenvalue weighted by Gasteiger charge is -2.12. The van der Waals surface area contributed by atoms with Crippen molar-refractivity contribution >= 4 is 0 Å². The average Bonchev–Trinajstić information content (AvgIpc) is 2.95. The molecule has 0 heterocycles. The molecule has 1 nitrogen and oxygen atoms in total. The van der Waals surface area contributed by atoms with E-state index in [9.17, 15) is 0 Å². The van der Waals surface area contributed by atoms with Crippen molar-refractivity contribution in [3.05, 3.63) is 34.4 Å². The molecule has 0 amide bonds. The van der Waals surface area contributed by atoms with E-state index in [1.54, 1.807) is 0 Å². The Bertz CT molecular complexity index is 372. The monoisotopic (exact) mass is 231 g/mol. The predicted molar refractivity (Wildman–Crippen MR) is 74.3 cm³/mol. The molecule has 0 bridgehead atoms. The zero-order chi connectivity index (χ0) is 12.4. The van der Waals surface area contributed by atoms with E-state index in [1.165, 1.54) is 41.5 Å². The van der Waals surface area contributed by atoms with E-state index in [4.69, 9.17) is 0 Å². The van der Waals surface area contributed by atoms with Crippen LogP contribution in [-0.4, -0.2) is 6.04 Å². The highest BCUT2D eigenvalue weighted by Crippen LogP contribution is 2.34. The third-order valence-corrected chi connectivity index (χ3v) is 3.96. The third kappa shape index (κ3) is 3.10. The van der Waals surface area contributed by atoms with Crippen LogP contribution in [-0.2, 0) is 6.54 Å². The molecule has 2 rings (SSSR count). The molecular weight excluding hydrogens is 206 g/mol. The Hall–Kier alpha value is -0.820. The summed E-state index contributed by atoms with van der Waals surface area (Å²) in [5.74, 6) is 0.950. The predicted octanol–water partition coefficient (Wildman–Crippen LogP) is 3.89. The lowest BCUT2D eigenvalue weighted by Crippen LogP contribution is -2.19. The Morgan fingerprint density at radius 1 is 1.18 bits per heavy atom. The van der Waals surface area contributed by atoms with Gasteiger partial charge < -0.3 is 5.32 Å². The van der Waals surface area contributed by atoms with Gasteiger partial charge in [0.1, 0.15) is 0 Å². The van der Waals surface area contributed by atoms with Gasteiger partial charge in [-0.15, -0.1) is 0 Å². The van der Waals surface area contributed by atoms with Gasteiger partial charge in [-0.3, -0.25) is 0 Å². The second kappa shape index (κ2) is 5.22. The summed E-state index contributed by atoms with van der Waals surface area (Å²) >= 11 is 0. The van der Waals surface area contributed by atoms with Crippen LogP contribution >= 0.6 is 0 Å². The molecular formula is C16H25N. The van der Waals surface area contributed by atoms with Crippen LogP contribution in [0.25, 0.3) is 0 Å². The lowest BCUT2D eigenvalue weighted by atomic mass is 10.00. The maximum Gasteiger partial charge on any atom is 0.0213 e. The van der Waals surface area contributed by atoms with E-state index in [1.807, 2.05) is 0 Å². The normalized spacial score (nSPS) is 22.8. The molecule has 1 N–H and O–H groups in total. The zero-order valence-corrected chi connectivity index (χ0v) is 11.6. The molecule has 1 aromatic carbocycles. The van der Waals surface area contributed by atoms with Crippen LogP contribution in [0, 0.1) is 26.7 Å². The van der Waals surface area contributed by atoms with Crippen LogP contribution < -0.4 is 5.32 Å². The van der Waals surface area contributed by atoms with Gasteiger partial charge in [-0.1, -0.05) is 31.0 Å². The second-order valence-corrected chi connectivity index (χ2v) is 5.65. The Labute approximate surface area is 106 Å². The topological polar surface area (TPSA) is 12.0 Å². The molecule has 0 spiro atoms. The quantitative estimate of drug-likeness (QED) is 0.810. The van der Waals surface area contributed by atoms with Crippen molar-refractivity contribution in [3.63, 3.8) is 0 Å². The van der Waals surface area contributed by atoms with Gasteiger partial charge in [0.05, 0.1) is 0 Å². The van der Waals surface area contributed by atoms with Gasteiger partial charge in [0.2, 0.25) is 0 Å². The fourth-order valence-electron chi connectivity index (χ4n) is 2.91. The Kier molecular flexibility index (Phi) is 3.88. The third-order valence-electron chi connectivity index (χ3n) is 3.96. The second-order valence-electron chi connectivity index (χ2n) is 5.65. The van der Waals surface area contributed by atoms with E-state index < -0.39 is 0 Å². The van der Waals surface area contributed by atoms with Crippen molar-refractivity contribution < 1.29 is 0 Å². The fraction of sp³-hybridized carbons (Fsp3) is 0.625.